The molecule has 2 nitrogen and oxygen atoms in total. The van der Waals surface area contributed by atoms with E-state index in [1.165, 1.54) is 60.2 Å². The van der Waals surface area contributed by atoms with Crippen molar-refractivity contribution in [1.29, 1.82) is 0 Å². The van der Waals surface area contributed by atoms with E-state index in [1.807, 2.05) is 0 Å². The maximum absolute atomic E-state index is 11.8. The average Bonchev–Trinajstić information content (AvgIpc) is 2.41. The van der Waals surface area contributed by atoms with Crippen LogP contribution in [0.3, 0.4) is 0 Å². The van der Waals surface area contributed by atoms with Crippen LogP contribution in [0.1, 0.15) is 85.0 Å². The zero-order chi connectivity index (χ0) is 14.3. The number of hydrogen-bond donors (Lipinski definition) is 0. The quantitative estimate of drug-likeness (QED) is 0.314. The fraction of sp³-hybridized carbons (Fsp3) is 0.938. The van der Waals surface area contributed by atoms with Gasteiger partial charge in [-0.05, 0) is 0 Å². The first-order valence-electron chi connectivity index (χ1n) is 8.29. The molecular formula is C16H33O2Sn. The fourth-order valence-corrected chi connectivity index (χ4v) is 8.84. The van der Waals surface area contributed by atoms with Crippen LogP contribution < -0.4 is 0 Å². The summed E-state index contributed by atoms with van der Waals surface area (Å²) in [5, 5.41) is 0. The van der Waals surface area contributed by atoms with Crippen LogP contribution in [0.4, 0.5) is 0 Å². The number of carbonyl (C=O) groups excluding carboxylic acids is 1. The van der Waals surface area contributed by atoms with Gasteiger partial charge in [0.15, 0.2) is 0 Å². The Bertz CT molecular complexity index is 199. The number of carbonyl (C=O) groups is 1. The number of rotatable bonds is 13. The molecule has 0 amide bonds. The topological polar surface area (TPSA) is 26.3 Å². The molecule has 3 heteroatoms. The predicted molar refractivity (Wildman–Crippen MR) is 84.7 cm³/mol. The van der Waals surface area contributed by atoms with Gasteiger partial charge >= 0.3 is 128 Å². The second-order valence-electron chi connectivity index (χ2n) is 5.38. The third-order valence-electron chi connectivity index (χ3n) is 3.36. The van der Waals surface area contributed by atoms with Gasteiger partial charge < -0.3 is 0 Å². The second-order valence-corrected chi connectivity index (χ2v) is 11.9. The zero-order valence-corrected chi connectivity index (χ0v) is 16.2. The van der Waals surface area contributed by atoms with E-state index in [4.69, 9.17) is 3.07 Å². The third kappa shape index (κ3) is 13.0. The Kier molecular flexibility index (Phi) is 14.9. The van der Waals surface area contributed by atoms with E-state index in [0.717, 1.165) is 6.42 Å². The summed E-state index contributed by atoms with van der Waals surface area (Å²) in [5.41, 5.74) is 0. The van der Waals surface area contributed by atoms with Crippen molar-refractivity contribution < 1.29 is 7.87 Å². The van der Waals surface area contributed by atoms with Crippen molar-refractivity contribution in [3.05, 3.63) is 0 Å². The molecule has 0 rings (SSSR count). The van der Waals surface area contributed by atoms with Crippen molar-refractivity contribution >= 4 is 26.1 Å². The molecule has 0 aromatic rings. The van der Waals surface area contributed by atoms with Gasteiger partial charge in [0.25, 0.3) is 0 Å². The summed E-state index contributed by atoms with van der Waals surface area (Å²) in [4.78, 5) is 11.8. The molecule has 0 bridgehead atoms. The van der Waals surface area contributed by atoms with Crippen LogP contribution in [0.25, 0.3) is 0 Å². The molecule has 0 aliphatic carbocycles. The van der Waals surface area contributed by atoms with Gasteiger partial charge in [-0.2, -0.15) is 0 Å². The predicted octanol–water partition coefficient (Wildman–Crippen LogP) is 5.48. The molecule has 0 saturated carbocycles. The molecule has 1 radical (unpaired) electrons. The summed E-state index contributed by atoms with van der Waals surface area (Å²) in [5.74, 6) is 0.109. The minimum atomic E-state index is -1.83. The van der Waals surface area contributed by atoms with Crippen molar-refractivity contribution in [1.82, 2.24) is 0 Å². The Hall–Kier alpha value is 0.269. The summed E-state index contributed by atoms with van der Waals surface area (Å²) in [6.07, 6.45) is 11.6. The zero-order valence-electron chi connectivity index (χ0n) is 13.3. The van der Waals surface area contributed by atoms with Gasteiger partial charge in [-0.25, -0.2) is 0 Å². The Labute approximate surface area is 128 Å². The van der Waals surface area contributed by atoms with Gasteiger partial charge in [0.1, 0.15) is 0 Å². The van der Waals surface area contributed by atoms with Crippen LogP contribution in [0.5, 0.6) is 0 Å². The van der Waals surface area contributed by atoms with Gasteiger partial charge in [-0.3, -0.25) is 0 Å². The Morgan fingerprint density at radius 2 is 1.32 bits per heavy atom. The van der Waals surface area contributed by atoms with E-state index in [-0.39, 0.29) is 5.97 Å². The number of hydrogen-bond acceptors (Lipinski definition) is 2. The molecule has 0 aromatic heterocycles. The molecule has 0 unspecified atom stereocenters. The first-order chi connectivity index (χ1) is 9.24. The third-order valence-corrected chi connectivity index (χ3v) is 10.0. The van der Waals surface area contributed by atoms with Crippen LogP contribution in [0, 0.1) is 0 Å². The normalized spacial score (nSPS) is 10.9. The summed E-state index contributed by atoms with van der Waals surface area (Å²) in [6.45, 7) is 6.65. The van der Waals surface area contributed by atoms with Gasteiger partial charge in [0.05, 0.1) is 0 Å². The molecule has 0 saturated heterocycles. The minimum absolute atomic E-state index is 0.109. The molecule has 0 aliphatic rings. The van der Waals surface area contributed by atoms with Gasteiger partial charge in [0.2, 0.25) is 0 Å². The van der Waals surface area contributed by atoms with Gasteiger partial charge in [-0.1, -0.05) is 0 Å². The molecule has 0 spiro atoms. The molecule has 0 aromatic carbocycles. The molecular weight excluding hydrogens is 343 g/mol. The Balaban J connectivity index is 3.74. The monoisotopic (exact) mass is 377 g/mol. The van der Waals surface area contributed by atoms with Crippen molar-refractivity contribution in [3.63, 3.8) is 0 Å². The standard InChI is InChI=1S/C8H16O2.2C4H9.Sn/c1-2-3-4-5-6-7-8(9)10;2*1-3-4-2;/h2-7H2,1H3,(H,9,10);2*1,3-4H2,2H3;/q;;;+1/p-1. The molecule has 0 heterocycles. The summed E-state index contributed by atoms with van der Waals surface area (Å²) < 4.78 is 8.29. The first kappa shape index (κ1) is 19.3. The van der Waals surface area contributed by atoms with E-state index in [0.29, 0.717) is 6.42 Å². The molecule has 113 valence electrons. The van der Waals surface area contributed by atoms with E-state index >= 15 is 0 Å². The van der Waals surface area contributed by atoms with E-state index in [2.05, 4.69) is 20.8 Å². The number of unbranched alkanes of at least 4 members (excludes halogenated alkanes) is 6. The average molecular weight is 376 g/mol. The maximum atomic E-state index is 11.8. The van der Waals surface area contributed by atoms with Crippen LogP contribution in [0.2, 0.25) is 8.87 Å². The van der Waals surface area contributed by atoms with Crippen LogP contribution in [-0.4, -0.2) is 26.1 Å². The van der Waals surface area contributed by atoms with Crippen molar-refractivity contribution in [2.45, 2.75) is 93.9 Å². The van der Waals surface area contributed by atoms with Crippen molar-refractivity contribution in [2.24, 2.45) is 0 Å². The summed E-state index contributed by atoms with van der Waals surface area (Å²) >= 11 is -1.83. The van der Waals surface area contributed by atoms with Crippen LogP contribution in [-0.2, 0) is 7.87 Å². The SMILES string of the molecule is CCCCCCCC(=O)[O][Sn]([CH2]CCC)[CH2]CCC. The van der Waals surface area contributed by atoms with Crippen molar-refractivity contribution in [2.75, 3.05) is 0 Å². The second kappa shape index (κ2) is 14.7. The van der Waals surface area contributed by atoms with Crippen LogP contribution in [0.15, 0.2) is 0 Å². The molecule has 0 aliphatic heterocycles. The van der Waals surface area contributed by atoms with E-state index < -0.39 is 20.2 Å². The first-order valence-corrected chi connectivity index (χ1v) is 13.5. The van der Waals surface area contributed by atoms with Gasteiger partial charge in [-0.15, -0.1) is 0 Å². The fourth-order valence-electron chi connectivity index (χ4n) is 2.06. The molecule has 0 N–H and O–H groups in total. The Morgan fingerprint density at radius 3 is 1.84 bits per heavy atom. The molecule has 0 atom stereocenters. The van der Waals surface area contributed by atoms with E-state index in [9.17, 15) is 4.79 Å². The van der Waals surface area contributed by atoms with E-state index in [1.54, 1.807) is 0 Å². The summed E-state index contributed by atoms with van der Waals surface area (Å²) in [6, 6.07) is 0. The van der Waals surface area contributed by atoms with Crippen LogP contribution >= 0.6 is 0 Å². The Morgan fingerprint density at radius 1 is 0.789 bits per heavy atom. The molecule has 0 fully saturated rings. The summed E-state index contributed by atoms with van der Waals surface area (Å²) in [7, 11) is 0. The molecule has 19 heavy (non-hydrogen) atoms. The van der Waals surface area contributed by atoms with Gasteiger partial charge in [0, 0.05) is 0 Å². The van der Waals surface area contributed by atoms with Crippen molar-refractivity contribution in [3.8, 4) is 0 Å².